The maximum atomic E-state index is 13.1. The predicted octanol–water partition coefficient (Wildman–Crippen LogP) is -0.346. The van der Waals surface area contributed by atoms with Gasteiger partial charge in [-0.15, -0.1) is 0 Å². The van der Waals surface area contributed by atoms with E-state index in [0.29, 0.717) is 18.5 Å². The zero-order chi connectivity index (χ0) is 25.1. The topological polar surface area (TPSA) is 141 Å². The average Bonchev–Trinajstić information content (AvgIpc) is 3.05. The second kappa shape index (κ2) is 10.7. The van der Waals surface area contributed by atoms with Crippen molar-refractivity contribution in [2.24, 2.45) is 5.14 Å². The Balaban J connectivity index is 1.49. The highest BCUT2D eigenvalue weighted by atomic mass is 32.2. The molecule has 2 amide bonds. The fourth-order valence-electron chi connectivity index (χ4n) is 4.23. The third kappa shape index (κ3) is 6.33. The van der Waals surface area contributed by atoms with Crippen molar-refractivity contribution < 1.29 is 26.4 Å². The minimum Gasteiger partial charge on any atom is -0.341 e. The van der Waals surface area contributed by atoms with E-state index >= 15 is 0 Å². The Bertz CT molecular complexity index is 1130. The van der Waals surface area contributed by atoms with E-state index < -0.39 is 20.2 Å². The molecule has 1 aromatic carbocycles. The molecule has 2 N–H and O–H groups in total. The molecule has 0 aromatic heterocycles. The fourth-order valence-corrected chi connectivity index (χ4v) is 6.68. The molecule has 2 heterocycles. The Morgan fingerprint density at radius 1 is 0.794 bits per heavy atom. The number of carbonyl (C=O) groups is 2. The van der Waals surface area contributed by atoms with E-state index in [9.17, 15) is 26.4 Å². The first-order chi connectivity index (χ1) is 15.9. The number of nitrogens with two attached hydrogens (primary N) is 1. The molecule has 13 heteroatoms. The molecule has 1 aromatic rings. The van der Waals surface area contributed by atoms with Gasteiger partial charge in [0.15, 0.2) is 0 Å². The van der Waals surface area contributed by atoms with Crippen LogP contribution in [0.1, 0.15) is 30.4 Å². The van der Waals surface area contributed by atoms with Gasteiger partial charge < -0.3 is 9.80 Å². The number of amides is 2. The Labute approximate surface area is 201 Å². The summed E-state index contributed by atoms with van der Waals surface area (Å²) < 4.78 is 51.7. The van der Waals surface area contributed by atoms with Crippen LogP contribution < -0.4 is 5.14 Å². The van der Waals surface area contributed by atoms with Crippen molar-refractivity contribution in [1.82, 2.24) is 18.4 Å². The van der Waals surface area contributed by atoms with Crippen LogP contribution >= 0.6 is 0 Å². The van der Waals surface area contributed by atoms with E-state index in [1.54, 1.807) is 28.9 Å². The monoisotopic (exact) mass is 515 g/mol. The van der Waals surface area contributed by atoms with Gasteiger partial charge >= 0.3 is 0 Å². The van der Waals surface area contributed by atoms with Crippen LogP contribution in [0.4, 0.5) is 0 Å². The molecule has 2 aliphatic heterocycles. The minimum atomic E-state index is -3.79. The molecule has 2 aliphatic rings. The van der Waals surface area contributed by atoms with Crippen molar-refractivity contribution in [1.29, 1.82) is 0 Å². The van der Waals surface area contributed by atoms with Gasteiger partial charge in [0.1, 0.15) is 0 Å². The Morgan fingerprint density at radius 3 is 1.88 bits per heavy atom. The molecule has 0 saturated carbocycles. The molecule has 0 aliphatic carbocycles. The van der Waals surface area contributed by atoms with Crippen LogP contribution in [-0.2, 0) is 29.8 Å². The Kier molecular flexibility index (Phi) is 8.34. The molecule has 0 spiro atoms. The summed E-state index contributed by atoms with van der Waals surface area (Å²) in [6.45, 7) is 5.58. The van der Waals surface area contributed by atoms with E-state index in [1.165, 1.54) is 4.31 Å². The van der Waals surface area contributed by atoms with Crippen molar-refractivity contribution >= 4 is 32.0 Å². The summed E-state index contributed by atoms with van der Waals surface area (Å²) in [5.41, 5.74) is 1.55. The number of carbonyl (C=O) groups excluding carboxylic acids is 2. The van der Waals surface area contributed by atoms with Gasteiger partial charge in [0, 0.05) is 65.2 Å². The van der Waals surface area contributed by atoms with Crippen LogP contribution in [0.15, 0.2) is 23.1 Å². The van der Waals surface area contributed by atoms with E-state index in [4.69, 9.17) is 5.14 Å². The molecular weight excluding hydrogens is 482 g/mol. The molecule has 2 saturated heterocycles. The smallest absolute Gasteiger partial charge is 0.276 e. The maximum Gasteiger partial charge on any atom is 0.276 e. The first kappa shape index (κ1) is 26.5. The number of sulfonamides is 1. The SMILES string of the molecule is Cc1ccc(C)c(S(=O)(=O)N2CCN(C(=O)CCC(=O)N3CCCN(S(N)(=O)=O)CC3)CC2)c1. The van der Waals surface area contributed by atoms with E-state index in [-0.39, 0.29) is 75.4 Å². The lowest BCUT2D eigenvalue weighted by Crippen LogP contribution is -2.50. The molecule has 2 fully saturated rings. The molecule has 34 heavy (non-hydrogen) atoms. The average molecular weight is 516 g/mol. The van der Waals surface area contributed by atoms with Crippen molar-refractivity contribution in [3.8, 4) is 0 Å². The second-order valence-corrected chi connectivity index (χ2v) is 12.2. The molecule has 0 radical (unpaired) electrons. The molecule has 11 nitrogen and oxygen atoms in total. The van der Waals surface area contributed by atoms with Gasteiger partial charge in [-0.1, -0.05) is 12.1 Å². The second-order valence-electron chi connectivity index (χ2n) is 8.73. The van der Waals surface area contributed by atoms with Gasteiger partial charge in [0.25, 0.3) is 10.2 Å². The van der Waals surface area contributed by atoms with Crippen molar-refractivity contribution in [3.05, 3.63) is 29.3 Å². The van der Waals surface area contributed by atoms with Gasteiger partial charge in [-0.3, -0.25) is 9.59 Å². The summed E-state index contributed by atoms with van der Waals surface area (Å²) in [4.78, 5) is 28.6. The van der Waals surface area contributed by atoms with Crippen molar-refractivity contribution in [3.63, 3.8) is 0 Å². The highest BCUT2D eigenvalue weighted by molar-refractivity contribution is 7.89. The Morgan fingerprint density at radius 2 is 1.32 bits per heavy atom. The zero-order valence-corrected chi connectivity index (χ0v) is 21.3. The first-order valence-electron chi connectivity index (χ1n) is 11.3. The summed E-state index contributed by atoms with van der Waals surface area (Å²) in [7, 11) is -7.43. The summed E-state index contributed by atoms with van der Waals surface area (Å²) >= 11 is 0. The van der Waals surface area contributed by atoms with Crippen molar-refractivity contribution in [2.45, 2.75) is 38.0 Å². The normalized spacial score (nSPS) is 19.1. The quantitative estimate of drug-likeness (QED) is 0.549. The fraction of sp³-hybridized carbons (Fsp3) is 0.619. The van der Waals surface area contributed by atoms with E-state index in [1.807, 2.05) is 13.0 Å². The number of nitrogens with zero attached hydrogens (tertiary/aromatic N) is 4. The summed E-state index contributed by atoms with van der Waals surface area (Å²) in [6.07, 6.45) is 0.528. The molecule has 3 rings (SSSR count). The number of hydrogen-bond acceptors (Lipinski definition) is 6. The van der Waals surface area contributed by atoms with Crippen LogP contribution in [0.25, 0.3) is 0 Å². The number of benzene rings is 1. The molecule has 0 unspecified atom stereocenters. The van der Waals surface area contributed by atoms with Crippen LogP contribution in [0.2, 0.25) is 0 Å². The summed E-state index contributed by atoms with van der Waals surface area (Å²) in [5, 5.41) is 5.17. The highest BCUT2D eigenvalue weighted by Crippen LogP contribution is 2.22. The largest absolute Gasteiger partial charge is 0.341 e. The number of piperazine rings is 1. The van der Waals surface area contributed by atoms with Gasteiger partial charge in [0.05, 0.1) is 4.90 Å². The van der Waals surface area contributed by atoms with E-state index in [0.717, 1.165) is 9.87 Å². The third-order valence-electron chi connectivity index (χ3n) is 6.27. The molecule has 190 valence electrons. The van der Waals surface area contributed by atoms with Gasteiger partial charge in [-0.2, -0.15) is 17.0 Å². The lowest BCUT2D eigenvalue weighted by molar-refractivity contribution is -0.137. The van der Waals surface area contributed by atoms with Crippen LogP contribution in [0.5, 0.6) is 0 Å². The summed E-state index contributed by atoms with van der Waals surface area (Å²) in [6, 6.07) is 5.32. The van der Waals surface area contributed by atoms with Crippen LogP contribution in [0, 0.1) is 13.8 Å². The predicted molar refractivity (Wildman–Crippen MR) is 126 cm³/mol. The molecular formula is C21H33N5O6S2. The number of aryl methyl sites for hydroxylation is 2. The lowest BCUT2D eigenvalue weighted by atomic mass is 10.2. The van der Waals surface area contributed by atoms with Crippen LogP contribution in [0.3, 0.4) is 0 Å². The van der Waals surface area contributed by atoms with Crippen molar-refractivity contribution in [2.75, 3.05) is 52.4 Å². The minimum absolute atomic E-state index is 0.0230. The number of hydrogen-bond donors (Lipinski definition) is 1. The maximum absolute atomic E-state index is 13.1. The Hall–Kier alpha value is -2.06. The molecule has 0 atom stereocenters. The first-order valence-corrected chi connectivity index (χ1v) is 14.2. The van der Waals surface area contributed by atoms with E-state index in [2.05, 4.69) is 0 Å². The molecule has 0 bridgehead atoms. The summed E-state index contributed by atoms with van der Waals surface area (Å²) in [5.74, 6) is -0.404. The zero-order valence-electron chi connectivity index (χ0n) is 19.6. The standard InChI is InChI=1S/C21H33N5O6S2/c1-17-4-5-18(2)19(16-17)33(29,30)25-13-10-24(11-14-25)21(28)7-6-20(27)23-8-3-9-26(15-12-23)34(22,31)32/h4-5,16H,3,6-15H2,1-2H3,(H2,22,31,32). The lowest BCUT2D eigenvalue weighted by Gasteiger charge is -2.34. The van der Waals surface area contributed by atoms with Crippen LogP contribution in [-0.4, -0.2) is 99.4 Å². The third-order valence-corrected chi connectivity index (χ3v) is 9.40. The number of rotatable bonds is 6. The van der Waals surface area contributed by atoms with Gasteiger partial charge in [0.2, 0.25) is 21.8 Å². The van der Waals surface area contributed by atoms with Gasteiger partial charge in [-0.25, -0.2) is 13.6 Å². The highest BCUT2D eigenvalue weighted by Gasteiger charge is 2.31. The van der Waals surface area contributed by atoms with Gasteiger partial charge in [-0.05, 0) is 37.5 Å².